The average Bonchev–Trinajstić information content (AvgIpc) is 3.01. The first kappa shape index (κ1) is 27.3. The fourth-order valence-corrected chi connectivity index (χ4v) is 5.81. The monoisotopic (exact) mass is 536 g/mol. The molecule has 5 atom stereocenters. The van der Waals surface area contributed by atoms with Gasteiger partial charge in [-0.05, 0) is 19.8 Å². The summed E-state index contributed by atoms with van der Waals surface area (Å²) in [6.07, 6.45) is -7.42. The number of ether oxygens (including phenoxy) is 1. The lowest BCUT2D eigenvalue weighted by molar-refractivity contribution is -0.226. The third-order valence-electron chi connectivity index (χ3n) is 4.37. The highest BCUT2D eigenvalue weighted by Crippen LogP contribution is 2.66. The molecule has 0 aromatic carbocycles. The van der Waals surface area contributed by atoms with Crippen LogP contribution in [0.1, 0.15) is 19.8 Å². The van der Waals surface area contributed by atoms with Crippen molar-refractivity contribution in [3.8, 4) is 0 Å². The van der Waals surface area contributed by atoms with Crippen LogP contribution in [-0.4, -0.2) is 68.1 Å². The molecule has 0 aliphatic carbocycles. The maximum Gasteiger partial charge on any atom is 0.490 e. The number of phosphoric acid groups is 3. The number of carbonyl (C=O) groups is 2. The van der Waals surface area contributed by atoms with Crippen molar-refractivity contribution < 1.29 is 73.9 Å². The number of carbonyl (C=O) groups excluding carboxylic acids is 2. The van der Waals surface area contributed by atoms with Crippen LogP contribution in [0.4, 0.5) is 18.0 Å². The molecule has 5 N–H and O–H groups in total. The molecule has 0 aromatic rings. The molecular weight excluding hydrogens is 518 g/mol. The number of hydrogen-bond donors (Lipinski definition) is 5. The number of phosphoric ester groups is 1. The van der Waals surface area contributed by atoms with Crippen molar-refractivity contribution in [2.75, 3.05) is 13.2 Å². The molecule has 0 aromatic heterocycles. The molecular formula is C11H18F3N2O13P3. The lowest BCUT2D eigenvalue weighted by Crippen LogP contribution is -2.66. The summed E-state index contributed by atoms with van der Waals surface area (Å²) in [4.78, 5) is 59.7. The normalized spacial score (nSPS) is 31.2. The SMILES string of the molecule is CC1(C(F)(F)F)CN([C@H]2CC[C@@H](COP(=O)(O)OP(=O)(O)OP(=O)(O)O)O2)C(=O)NC1=O. The molecule has 0 spiro atoms. The van der Waals surface area contributed by atoms with E-state index in [-0.39, 0.29) is 12.8 Å². The van der Waals surface area contributed by atoms with Crippen molar-refractivity contribution in [3.05, 3.63) is 0 Å². The highest BCUT2D eigenvalue weighted by atomic mass is 31.3. The number of imide groups is 1. The Kier molecular flexibility index (Phi) is 7.72. The predicted molar refractivity (Wildman–Crippen MR) is 92.1 cm³/mol. The number of amides is 3. The van der Waals surface area contributed by atoms with E-state index in [1.165, 1.54) is 0 Å². The lowest BCUT2D eigenvalue weighted by atomic mass is 9.86. The first-order chi connectivity index (χ1) is 14.2. The first-order valence-corrected chi connectivity index (χ1v) is 12.9. The summed E-state index contributed by atoms with van der Waals surface area (Å²) < 4.78 is 90.1. The summed E-state index contributed by atoms with van der Waals surface area (Å²) in [5, 5.41) is 1.59. The maximum atomic E-state index is 13.3. The summed E-state index contributed by atoms with van der Waals surface area (Å²) in [5.41, 5.74) is -2.91. The van der Waals surface area contributed by atoms with Crippen LogP contribution in [0.25, 0.3) is 0 Å². The predicted octanol–water partition coefficient (Wildman–Crippen LogP) is 0.955. The second kappa shape index (κ2) is 9.04. The number of nitrogens with zero attached hydrogens (tertiary/aromatic N) is 1. The molecule has 2 fully saturated rings. The van der Waals surface area contributed by atoms with Crippen LogP contribution in [0.3, 0.4) is 0 Å². The van der Waals surface area contributed by atoms with E-state index < -0.39 is 72.5 Å². The van der Waals surface area contributed by atoms with Gasteiger partial charge in [0.15, 0.2) is 5.41 Å². The molecule has 2 aliphatic rings. The van der Waals surface area contributed by atoms with E-state index in [9.17, 15) is 41.3 Å². The van der Waals surface area contributed by atoms with Crippen LogP contribution in [0, 0.1) is 5.41 Å². The minimum atomic E-state index is -5.72. The Bertz CT molecular complexity index is 909. The van der Waals surface area contributed by atoms with Crippen LogP contribution in [0.2, 0.25) is 0 Å². The van der Waals surface area contributed by atoms with Crippen molar-refractivity contribution in [2.24, 2.45) is 5.41 Å². The second-order valence-corrected chi connectivity index (χ2v) is 11.3. The van der Waals surface area contributed by atoms with Crippen LogP contribution in [0.5, 0.6) is 0 Å². The molecule has 32 heavy (non-hydrogen) atoms. The molecule has 2 heterocycles. The standard InChI is InChI=1S/C11H18F3N2O13P3/c1-10(11(12,13)14)5-16(9(18)15-8(10)17)7-3-2-6(27-7)4-26-31(22,23)29-32(24,25)28-30(19,20)21/h6-7H,2-5H2,1H3,(H,22,23)(H,24,25)(H,15,17,18)(H2,19,20,21)/t6-,7+,10?/m0/s1. The van der Waals surface area contributed by atoms with Gasteiger partial charge in [-0.3, -0.25) is 19.5 Å². The largest absolute Gasteiger partial charge is 0.490 e. The average molecular weight is 536 g/mol. The molecule has 0 saturated carbocycles. The second-order valence-electron chi connectivity index (χ2n) is 6.89. The number of halogens is 3. The smallest absolute Gasteiger partial charge is 0.353 e. The minimum absolute atomic E-state index is 0.0130. The molecule has 15 nitrogen and oxygen atoms in total. The zero-order valence-electron chi connectivity index (χ0n) is 15.9. The summed E-state index contributed by atoms with van der Waals surface area (Å²) in [6.45, 7) is -1.27. The summed E-state index contributed by atoms with van der Waals surface area (Å²) >= 11 is 0. The van der Waals surface area contributed by atoms with Gasteiger partial charge >= 0.3 is 35.7 Å². The number of urea groups is 1. The van der Waals surface area contributed by atoms with Crippen molar-refractivity contribution >= 4 is 35.4 Å². The van der Waals surface area contributed by atoms with Gasteiger partial charge < -0.3 is 24.3 Å². The number of alkyl halides is 3. The Morgan fingerprint density at radius 3 is 2.25 bits per heavy atom. The summed E-state index contributed by atoms with van der Waals surface area (Å²) in [6, 6.07) is -1.14. The lowest BCUT2D eigenvalue weighted by Gasteiger charge is -2.41. The van der Waals surface area contributed by atoms with E-state index in [1.54, 1.807) is 5.32 Å². The van der Waals surface area contributed by atoms with Gasteiger partial charge in [0.2, 0.25) is 5.91 Å². The zero-order chi connectivity index (χ0) is 24.8. The fraction of sp³-hybridized carbons (Fsp3) is 0.818. The highest BCUT2D eigenvalue weighted by Gasteiger charge is 2.61. The molecule has 186 valence electrons. The number of rotatable bonds is 8. The van der Waals surface area contributed by atoms with Gasteiger partial charge in [-0.2, -0.15) is 21.8 Å². The highest BCUT2D eigenvalue weighted by molar-refractivity contribution is 7.66. The van der Waals surface area contributed by atoms with Crippen molar-refractivity contribution in [3.63, 3.8) is 0 Å². The quantitative estimate of drug-likeness (QED) is 0.273. The molecule has 2 saturated heterocycles. The fourth-order valence-electron chi connectivity index (χ4n) is 2.76. The Balaban J connectivity index is 1.97. The van der Waals surface area contributed by atoms with Crippen molar-refractivity contribution in [2.45, 2.75) is 38.3 Å². The molecule has 21 heteroatoms. The molecule has 3 amide bonds. The van der Waals surface area contributed by atoms with E-state index in [4.69, 9.17) is 19.4 Å². The molecule has 2 aliphatic heterocycles. The Morgan fingerprint density at radius 1 is 1.12 bits per heavy atom. The topological polar surface area (TPSA) is 218 Å². The van der Waals surface area contributed by atoms with Crippen LogP contribution in [-0.2, 0) is 36.4 Å². The van der Waals surface area contributed by atoms with Gasteiger partial charge in [0, 0.05) is 6.54 Å². The van der Waals surface area contributed by atoms with Gasteiger partial charge in [0.1, 0.15) is 6.23 Å². The maximum absolute atomic E-state index is 13.3. The number of hydrogen-bond acceptors (Lipinski definition) is 9. The Labute approximate surface area is 177 Å². The van der Waals surface area contributed by atoms with E-state index in [0.29, 0.717) is 11.8 Å². The summed E-state index contributed by atoms with van der Waals surface area (Å²) in [5.74, 6) is -1.53. The first-order valence-electron chi connectivity index (χ1n) is 8.37. The van der Waals surface area contributed by atoms with Gasteiger partial charge in [-0.25, -0.2) is 18.5 Å². The van der Waals surface area contributed by atoms with E-state index >= 15 is 0 Å². The number of nitrogens with one attached hydrogen (secondary N) is 1. The van der Waals surface area contributed by atoms with Crippen LogP contribution < -0.4 is 5.32 Å². The molecule has 0 radical (unpaired) electrons. The Morgan fingerprint density at radius 2 is 1.72 bits per heavy atom. The zero-order valence-corrected chi connectivity index (χ0v) is 18.6. The van der Waals surface area contributed by atoms with Gasteiger partial charge in [0.05, 0.1) is 12.7 Å². The van der Waals surface area contributed by atoms with E-state index in [0.717, 1.165) is 0 Å². The summed E-state index contributed by atoms with van der Waals surface area (Å²) in [7, 11) is -16.7. The van der Waals surface area contributed by atoms with Gasteiger partial charge in [-0.1, -0.05) is 0 Å². The van der Waals surface area contributed by atoms with Gasteiger partial charge in [0.25, 0.3) is 0 Å². The minimum Gasteiger partial charge on any atom is -0.353 e. The van der Waals surface area contributed by atoms with Crippen molar-refractivity contribution in [1.29, 1.82) is 0 Å². The molecule has 0 bridgehead atoms. The van der Waals surface area contributed by atoms with E-state index in [2.05, 4.69) is 13.1 Å². The molecule has 3 unspecified atom stereocenters. The third-order valence-corrected chi connectivity index (χ3v) is 8.17. The third kappa shape index (κ3) is 6.81. The Hall–Kier alpha value is -0.900. The van der Waals surface area contributed by atoms with Gasteiger partial charge in [-0.15, -0.1) is 0 Å². The van der Waals surface area contributed by atoms with E-state index in [1.807, 2.05) is 0 Å². The molecule has 2 rings (SSSR count). The van der Waals surface area contributed by atoms with Crippen LogP contribution in [0.15, 0.2) is 0 Å². The van der Waals surface area contributed by atoms with Crippen molar-refractivity contribution in [1.82, 2.24) is 10.2 Å². The van der Waals surface area contributed by atoms with Crippen LogP contribution >= 0.6 is 23.5 Å².